The van der Waals surface area contributed by atoms with E-state index in [9.17, 15) is 18.3 Å². The van der Waals surface area contributed by atoms with Crippen molar-refractivity contribution in [1.82, 2.24) is 9.62 Å². The number of carbonyl (C=O) groups excluding carboxylic acids is 1. The van der Waals surface area contributed by atoms with Crippen LogP contribution < -0.4 is 10.0 Å². The molecule has 1 aliphatic rings. The maximum absolute atomic E-state index is 12.9. The van der Waals surface area contributed by atoms with Gasteiger partial charge in [-0.3, -0.25) is 9.69 Å². The number of piperidine rings is 1. The molecule has 0 saturated carbocycles. The highest BCUT2D eigenvalue weighted by atomic mass is 32.2. The number of hydrogen-bond acceptors (Lipinski definition) is 5. The summed E-state index contributed by atoms with van der Waals surface area (Å²) in [6.45, 7) is 3.41. The number of aliphatic hydroxyl groups excluding tert-OH is 1. The SMILES string of the molecule is CC(=O)Nc1ccc(S(=O)(=O)N[C@H]2CN(Cc3ccccc3)CC[C@H]2CO)cc1. The molecular formula is C21H27N3O4S. The Morgan fingerprint density at radius 3 is 2.45 bits per heavy atom. The Kier molecular flexibility index (Phi) is 7.02. The van der Waals surface area contributed by atoms with Crippen molar-refractivity contribution in [2.24, 2.45) is 5.92 Å². The van der Waals surface area contributed by atoms with Crippen LogP contribution in [-0.2, 0) is 21.4 Å². The van der Waals surface area contributed by atoms with Gasteiger partial charge < -0.3 is 10.4 Å². The molecule has 0 bridgehead atoms. The summed E-state index contributed by atoms with van der Waals surface area (Å²) in [4.78, 5) is 13.4. The predicted molar refractivity (Wildman–Crippen MR) is 112 cm³/mol. The van der Waals surface area contributed by atoms with Gasteiger partial charge in [0.25, 0.3) is 0 Å². The van der Waals surface area contributed by atoms with Crippen molar-refractivity contribution in [3.8, 4) is 0 Å². The van der Waals surface area contributed by atoms with Crippen LogP contribution in [0, 0.1) is 5.92 Å². The van der Waals surface area contributed by atoms with E-state index in [0.29, 0.717) is 12.2 Å². The van der Waals surface area contributed by atoms with E-state index in [1.165, 1.54) is 24.6 Å². The maximum Gasteiger partial charge on any atom is 0.240 e. The van der Waals surface area contributed by atoms with E-state index in [1.54, 1.807) is 12.1 Å². The lowest BCUT2D eigenvalue weighted by molar-refractivity contribution is -0.114. The fourth-order valence-corrected chi connectivity index (χ4v) is 4.89. The van der Waals surface area contributed by atoms with Gasteiger partial charge in [0.1, 0.15) is 0 Å². The van der Waals surface area contributed by atoms with E-state index in [2.05, 4.69) is 14.9 Å². The number of rotatable bonds is 7. The van der Waals surface area contributed by atoms with Gasteiger partial charge in [0.05, 0.1) is 4.90 Å². The van der Waals surface area contributed by atoms with Crippen LogP contribution in [0.1, 0.15) is 18.9 Å². The van der Waals surface area contributed by atoms with E-state index in [-0.39, 0.29) is 29.4 Å². The number of amides is 1. The number of anilines is 1. The molecule has 156 valence electrons. The summed E-state index contributed by atoms with van der Waals surface area (Å²) < 4.78 is 28.5. The Labute approximate surface area is 171 Å². The van der Waals surface area contributed by atoms with Gasteiger partial charge >= 0.3 is 0 Å². The predicted octanol–water partition coefficient (Wildman–Crippen LogP) is 1.81. The quantitative estimate of drug-likeness (QED) is 0.638. The fourth-order valence-electron chi connectivity index (χ4n) is 3.59. The highest BCUT2D eigenvalue weighted by Crippen LogP contribution is 2.22. The third kappa shape index (κ3) is 5.86. The summed E-state index contributed by atoms with van der Waals surface area (Å²) >= 11 is 0. The van der Waals surface area contributed by atoms with Crippen LogP contribution >= 0.6 is 0 Å². The number of benzene rings is 2. The smallest absolute Gasteiger partial charge is 0.240 e. The Morgan fingerprint density at radius 2 is 1.83 bits per heavy atom. The molecule has 0 unspecified atom stereocenters. The molecule has 2 aromatic rings. The highest BCUT2D eigenvalue weighted by Gasteiger charge is 2.32. The molecule has 8 heteroatoms. The number of likely N-dealkylation sites (tertiary alicyclic amines) is 1. The average molecular weight is 418 g/mol. The largest absolute Gasteiger partial charge is 0.396 e. The number of sulfonamides is 1. The third-order valence-corrected chi connectivity index (χ3v) is 6.62. The van der Waals surface area contributed by atoms with Crippen LogP contribution in [0.2, 0.25) is 0 Å². The molecule has 1 aliphatic heterocycles. The van der Waals surface area contributed by atoms with Crippen molar-refractivity contribution in [1.29, 1.82) is 0 Å². The Hall–Kier alpha value is -2.26. The molecule has 1 saturated heterocycles. The zero-order chi connectivity index (χ0) is 20.9. The molecule has 29 heavy (non-hydrogen) atoms. The molecule has 1 heterocycles. The standard InChI is InChI=1S/C21H27N3O4S/c1-16(26)22-19-7-9-20(10-8-19)29(27,28)23-21-14-24(12-11-18(21)15-25)13-17-5-3-2-4-6-17/h2-10,18,21,23,25H,11-15H2,1H3,(H,22,26)/t18-,21-/m0/s1. The number of nitrogens with zero attached hydrogens (tertiary/aromatic N) is 1. The summed E-state index contributed by atoms with van der Waals surface area (Å²) in [6.07, 6.45) is 0.720. The van der Waals surface area contributed by atoms with Crippen molar-refractivity contribution in [2.45, 2.75) is 30.8 Å². The zero-order valence-electron chi connectivity index (χ0n) is 16.4. The summed E-state index contributed by atoms with van der Waals surface area (Å²) in [6, 6.07) is 15.7. The lowest BCUT2D eigenvalue weighted by atomic mass is 9.93. The first kappa shape index (κ1) is 21.4. The van der Waals surface area contributed by atoms with Crippen LogP contribution in [0.5, 0.6) is 0 Å². The molecule has 3 rings (SSSR count). The second-order valence-electron chi connectivity index (χ2n) is 7.39. The summed E-state index contributed by atoms with van der Waals surface area (Å²) in [5, 5.41) is 12.3. The molecular weight excluding hydrogens is 390 g/mol. The fraction of sp³-hybridized carbons (Fsp3) is 0.381. The number of carbonyl (C=O) groups is 1. The van der Waals surface area contributed by atoms with Crippen LogP contribution in [0.4, 0.5) is 5.69 Å². The summed E-state index contributed by atoms with van der Waals surface area (Å²) in [7, 11) is -3.74. The van der Waals surface area contributed by atoms with Gasteiger partial charge in [-0.15, -0.1) is 0 Å². The first-order valence-corrected chi connectivity index (χ1v) is 11.1. The summed E-state index contributed by atoms with van der Waals surface area (Å²) in [5.74, 6) is -0.347. The average Bonchev–Trinajstić information content (AvgIpc) is 2.69. The van der Waals surface area contributed by atoms with E-state index in [1.807, 2.05) is 30.3 Å². The van der Waals surface area contributed by atoms with E-state index >= 15 is 0 Å². The normalized spacial score (nSPS) is 20.3. The molecule has 3 N–H and O–H groups in total. The molecule has 0 aromatic heterocycles. The van der Waals surface area contributed by atoms with E-state index in [4.69, 9.17) is 0 Å². The van der Waals surface area contributed by atoms with Crippen LogP contribution in [0.25, 0.3) is 0 Å². The van der Waals surface area contributed by atoms with Crippen molar-refractivity contribution < 1.29 is 18.3 Å². The number of aliphatic hydroxyl groups is 1. The van der Waals surface area contributed by atoms with E-state index in [0.717, 1.165) is 19.5 Å². The Balaban J connectivity index is 1.70. The minimum Gasteiger partial charge on any atom is -0.396 e. The van der Waals surface area contributed by atoms with Crippen molar-refractivity contribution in [2.75, 3.05) is 25.0 Å². The van der Waals surface area contributed by atoms with Crippen molar-refractivity contribution >= 4 is 21.6 Å². The lowest BCUT2D eigenvalue weighted by Gasteiger charge is -2.38. The Morgan fingerprint density at radius 1 is 1.14 bits per heavy atom. The highest BCUT2D eigenvalue weighted by molar-refractivity contribution is 7.89. The molecule has 7 nitrogen and oxygen atoms in total. The number of hydrogen-bond donors (Lipinski definition) is 3. The molecule has 0 radical (unpaired) electrons. The van der Waals surface area contributed by atoms with Gasteiger partial charge in [0, 0.05) is 44.3 Å². The van der Waals surface area contributed by atoms with Crippen molar-refractivity contribution in [3.05, 3.63) is 60.2 Å². The van der Waals surface area contributed by atoms with Crippen LogP contribution in [0.15, 0.2) is 59.5 Å². The first-order valence-electron chi connectivity index (χ1n) is 9.64. The van der Waals surface area contributed by atoms with Crippen molar-refractivity contribution in [3.63, 3.8) is 0 Å². The topological polar surface area (TPSA) is 98.7 Å². The molecule has 0 spiro atoms. The number of nitrogens with one attached hydrogen (secondary N) is 2. The minimum absolute atomic E-state index is 0.0617. The van der Waals surface area contributed by atoms with Gasteiger partial charge in [-0.05, 0) is 42.8 Å². The molecule has 1 fully saturated rings. The van der Waals surface area contributed by atoms with Gasteiger partial charge in [0.2, 0.25) is 15.9 Å². The second kappa shape index (κ2) is 9.49. The molecule has 0 aliphatic carbocycles. The molecule has 2 atom stereocenters. The van der Waals surface area contributed by atoms with Gasteiger partial charge in [-0.2, -0.15) is 0 Å². The Bertz CT molecular complexity index is 917. The van der Waals surface area contributed by atoms with Gasteiger partial charge in [0.15, 0.2) is 0 Å². The monoisotopic (exact) mass is 417 g/mol. The molecule has 1 amide bonds. The molecule has 2 aromatic carbocycles. The van der Waals surface area contributed by atoms with E-state index < -0.39 is 10.0 Å². The maximum atomic E-state index is 12.9. The lowest BCUT2D eigenvalue weighted by Crippen LogP contribution is -2.53. The van der Waals surface area contributed by atoms with Crippen LogP contribution in [-0.4, -0.2) is 50.1 Å². The second-order valence-corrected chi connectivity index (χ2v) is 9.10. The third-order valence-electron chi connectivity index (χ3n) is 5.12. The summed E-state index contributed by atoms with van der Waals surface area (Å²) in [5.41, 5.74) is 1.71. The van der Waals surface area contributed by atoms with Crippen LogP contribution in [0.3, 0.4) is 0 Å². The first-order chi connectivity index (χ1) is 13.9. The zero-order valence-corrected chi connectivity index (χ0v) is 17.2. The van der Waals surface area contributed by atoms with Gasteiger partial charge in [-0.25, -0.2) is 13.1 Å². The minimum atomic E-state index is -3.74. The van der Waals surface area contributed by atoms with Gasteiger partial charge in [-0.1, -0.05) is 30.3 Å².